The first-order valence-corrected chi connectivity index (χ1v) is 3.68. The van der Waals surface area contributed by atoms with Crippen molar-refractivity contribution in [1.82, 2.24) is 4.90 Å². The first-order chi connectivity index (χ1) is 5.22. The second kappa shape index (κ2) is 5.92. The summed E-state index contributed by atoms with van der Waals surface area (Å²) in [5.74, 6) is 0.0546. The molecule has 0 aliphatic heterocycles. The van der Waals surface area contributed by atoms with Gasteiger partial charge >= 0.3 is 0 Å². The van der Waals surface area contributed by atoms with E-state index >= 15 is 0 Å². The van der Waals surface area contributed by atoms with Gasteiger partial charge in [-0.3, -0.25) is 4.79 Å². The van der Waals surface area contributed by atoms with E-state index in [1.54, 1.807) is 13.1 Å². The number of carbonyl (C=O) groups excluding carboxylic acids is 1. The summed E-state index contributed by atoms with van der Waals surface area (Å²) in [6.45, 7) is 3.95. The smallest absolute Gasteiger partial charge is 0.222 e. The Bertz CT molecular complexity index is 134. The van der Waals surface area contributed by atoms with Gasteiger partial charge in [-0.15, -0.1) is 6.58 Å². The third kappa shape index (κ3) is 4.56. The maximum atomic E-state index is 11.1. The molecule has 0 radical (unpaired) electrons. The summed E-state index contributed by atoms with van der Waals surface area (Å²) < 4.78 is 0. The number of aliphatic hydroxyl groups excluding tert-OH is 1. The molecule has 3 heteroatoms. The van der Waals surface area contributed by atoms with Crippen molar-refractivity contribution in [2.75, 3.05) is 20.2 Å². The topological polar surface area (TPSA) is 40.5 Å². The van der Waals surface area contributed by atoms with E-state index in [1.165, 1.54) is 4.90 Å². The Morgan fingerprint density at radius 3 is 2.82 bits per heavy atom. The number of likely N-dealkylation sites (N-methyl/N-ethyl adjacent to an activating group) is 1. The normalized spacial score (nSPS) is 9.27. The zero-order chi connectivity index (χ0) is 8.69. The van der Waals surface area contributed by atoms with Crippen LogP contribution in [0.1, 0.15) is 12.8 Å². The molecule has 0 fully saturated rings. The van der Waals surface area contributed by atoms with Crippen LogP contribution in [0.5, 0.6) is 0 Å². The molecule has 0 bridgehead atoms. The summed E-state index contributed by atoms with van der Waals surface area (Å²) in [4.78, 5) is 12.6. The second-order valence-corrected chi connectivity index (χ2v) is 2.37. The van der Waals surface area contributed by atoms with Gasteiger partial charge in [-0.1, -0.05) is 6.08 Å². The molecule has 11 heavy (non-hydrogen) atoms. The molecule has 0 atom stereocenters. The minimum atomic E-state index is 0.0241. The highest BCUT2D eigenvalue weighted by molar-refractivity contribution is 5.75. The average Bonchev–Trinajstić information content (AvgIpc) is 2.00. The minimum absolute atomic E-state index is 0.0241. The number of aliphatic hydroxyl groups is 1. The number of amides is 1. The van der Waals surface area contributed by atoms with Gasteiger partial charge < -0.3 is 10.0 Å². The van der Waals surface area contributed by atoms with E-state index in [4.69, 9.17) is 5.11 Å². The summed E-state index contributed by atoms with van der Waals surface area (Å²) in [5, 5.41) is 8.50. The Kier molecular flexibility index (Phi) is 5.47. The van der Waals surface area contributed by atoms with Crippen molar-refractivity contribution in [3.63, 3.8) is 0 Å². The van der Waals surface area contributed by atoms with Crippen LogP contribution < -0.4 is 0 Å². The van der Waals surface area contributed by atoms with Crippen molar-refractivity contribution in [3.8, 4) is 0 Å². The Morgan fingerprint density at radius 2 is 2.36 bits per heavy atom. The molecule has 0 saturated carbocycles. The summed E-state index contributed by atoms with van der Waals surface area (Å²) in [5.41, 5.74) is 0. The highest BCUT2D eigenvalue weighted by Gasteiger charge is 2.04. The van der Waals surface area contributed by atoms with Gasteiger partial charge in [-0.25, -0.2) is 0 Å². The minimum Gasteiger partial charge on any atom is -0.395 e. The number of allylic oxidation sites excluding steroid dienone is 1. The van der Waals surface area contributed by atoms with Crippen LogP contribution in [0.3, 0.4) is 0 Å². The SMILES string of the molecule is C=CCCC(=O)N(C)CCO. The predicted octanol–water partition coefficient (Wildman–Crippen LogP) is 0.403. The van der Waals surface area contributed by atoms with Gasteiger partial charge in [0.2, 0.25) is 5.91 Å². The van der Waals surface area contributed by atoms with Crippen molar-refractivity contribution in [1.29, 1.82) is 0 Å². The van der Waals surface area contributed by atoms with E-state index in [2.05, 4.69) is 6.58 Å². The lowest BCUT2D eigenvalue weighted by Crippen LogP contribution is -2.28. The Balaban J connectivity index is 3.54. The van der Waals surface area contributed by atoms with Gasteiger partial charge in [0, 0.05) is 20.0 Å². The van der Waals surface area contributed by atoms with Gasteiger partial charge in [-0.05, 0) is 6.42 Å². The maximum Gasteiger partial charge on any atom is 0.222 e. The molecule has 0 unspecified atom stereocenters. The molecular formula is C8H15NO2. The quantitative estimate of drug-likeness (QED) is 0.587. The van der Waals surface area contributed by atoms with Crippen molar-refractivity contribution >= 4 is 5.91 Å². The van der Waals surface area contributed by atoms with Crippen molar-refractivity contribution in [2.45, 2.75) is 12.8 Å². The van der Waals surface area contributed by atoms with Gasteiger partial charge in [-0.2, -0.15) is 0 Å². The van der Waals surface area contributed by atoms with E-state index < -0.39 is 0 Å². The number of hydrogen-bond donors (Lipinski definition) is 1. The lowest BCUT2D eigenvalue weighted by atomic mass is 10.3. The second-order valence-electron chi connectivity index (χ2n) is 2.37. The highest BCUT2D eigenvalue weighted by Crippen LogP contribution is 1.94. The van der Waals surface area contributed by atoms with Crippen LogP contribution in [0, 0.1) is 0 Å². The third-order valence-corrected chi connectivity index (χ3v) is 1.42. The van der Waals surface area contributed by atoms with E-state index in [9.17, 15) is 4.79 Å². The van der Waals surface area contributed by atoms with Crippen molar-refractivity contribution < 1.29 is 9.90 Å². The van der Waals surface area contributed by atoms with Crippen LogP contribution in [0.15, 0.2) is 12.7 Å². The van der Waals surface area contributed by atoms with Crippen LogP contribution in [-0.4, -0.2) is 36.1 Å². The summed E-state index contributed by atoms with van der Waals surface area (Å²) in [6.07, 6.45) is 2.90. The van der Waals surface area contributed by atoms with Crippen LogP contribution in [0.25, 0.3) is 0 Å². The van der Waals surface area contributed by atoms with E-state index in [1.807, 2.05) is 0 Å². The third-order valence-electron chi connectivity index (χ3n) is 1.42. The molecule has 0 aliphatic rings. The number of hydrogen-bond acceptors (Lipinski definition) is 2. The average molecular weight is 157 g/mol. The Hall–Kier alpha value is -0.830. The van der Waals surface area contributed by atoms with E-state index in [-0.39, 0.29) is 12.5 Å². The molecule has 0 rings (SSSR count). The van der Waals surface area contributed by atoms with Crippen LogP contribution in [0.4, 0.5) is 0 Å². The fourth-order valence-electron chi connectivity index (χ4n) is 0.691. The van der Waals surface area contributed by atoms with Gasteiger partial charge in [0.15, 0.2) is 0 Å². The lowest BCUT2D eigenvalue weighted by molar-refractivity contribution is -0.130. The Morgan fingerprint density at radius 1 is 1.73 bits per heavy atom. The Labute approximate surface area is 67.3 Å². The fraction of sp³-hybridized carbons (Fsp3) is 0.625. The zero-order valence-electron chi connectivity index (χ0n) is 6.92. The largest absolute Gasteiger partial charge is 0.395 e. The molecule has 3 nitrogen and oxygen atoms in total. The molecule has 0 aromatic rings. The molecule has 64 valence electrons. The summed E-state index contributed by atoms with van der Waals surface area (Å²) in [6, 6.07) is 0. The number of nitrogens with zero attached hydrogens (tertiary/aromatic N) is 1. The lowest BCUT2D eigenvalue weighted by Gasteiger charge is -2.14. The molecule has 0 saturated heterocycles. The first-order valence-electron chi connectivity index (χ1n) is 3.68. The monoisotopic (exact) mass is 157 g/mol. The van der Waals surface area contributed by atoms with Crippen molar-refractivity contribution in [2.24, 2.45) is 0 Å². The zero-order valence-corrected chi connectivity index (χ0v) is 6.92. The fourth-order valence-corrected chi connectivity index (χ4v) is 0.691. The molecule has 0 heterocycles. The molecule has 1 N–H and O–H groups in total. The van der Waals surface area contributed by atoms with Gasteiger partial charge in [0.1, 0.15) is 0 Å². The summed E-state index contributed by atoms with van der Waals surface area (Å²) in [7, 11) is 1.68. The standard InChI is InChI=1S/C8H15NO2/c1-3-4-5-8(11)9(2)6-7-10/h3,10H,1,4-7H2,2H3. The summed E-state index contributed by atoms with van der Waals surface area (Å²) >= 11 is 0. The van der Waals surface area contributed by atoms with Gasteiger partial charge in [0.05, 0.1) is 6.61 Å². The molecule has 1 amide bonds. The number of carbonyl (C=O) groups is 1. The molecule has 0 aliphatic carbocycles. The predicted molar refractivity (Wildman–Crippen MR) is 44.2 cm³/mol. The van der Waals surface area contributed by atoms with Crippen LogP contribution in [-0.2, 0) is 4.79 Å². The molecular weight excluding hydrogens is 142 g/mol. The highest BCUT2D eigenvalue weighted by atomic mass is 16.3. The first kappa shape index (κ1) is 10.2. The maximum absolute atomic E-state index is 11.1. The van der Waals surface area contributed by atoms with Crippen LogP contribution >= 0.6 is 0 Å². The van der Waals surface area contributed by atoms with E-state index in [0.29, 0.717) is 19.4 Å². The van der Waals surface area contributed by atoms with Crippen molar-refractivity contribution in [3.05, 3.63) is 12.7 Å². The number of rotatable bonds is 5. The molecule has 0 spiro atoms. The van der Waals surface area contributed by atoms with Crippen LogP contribution in [0.2, 0.25) is 0 Å². The molecule has 0 aromatic heterocycles. The molecule has 0 aromatic carbocycles. The van der Waals surface area contributed by atoms with Gasteiger partial charge in [0.25, 0.3) is 0 Å². The van der Waals surface area contributed by atoms with E-state index in [0.717, 1.165) is 0 Å².